The summed E-state index contributed by atoms with van der Waals surface area (Å²) in [6.07, 6.45) is 0. The first-order chi connectivity index (χ1) is 14.5. The van der Waals surface area contributed by atoms with Gasteiger partial charge in [0.15, 0.2) is 5.69 Å². The molecule has 0 unspecified atom stereocenters. The predicted octanol–water partition coefficient (Wildman–Crippen LogP) is 5.75. The molecule has 0 radical (unpaired) electrons. The van der Waals surface area contributed by atoms with Crippen LogP contribution in [-0.2, 0) is 12.5 Å². The van der Waals surface area contributed by atoms with E-state index < -0.39 is 0 Å². The monoisotopic (exact) mass is 458 g/mol. The number of aliphatic imine (C=N–C) groups is 1. The molecule has 1 aromatic carbocycles. The highest BCUT2D eigenvalue weighted by Crippen LogP contribution is 2.48. The van der Waals surface area contributed by atoms with E-state index in [-0.39, 0.29) is 5.41 Å². The zero-order valence-corrected chi connectivity index (χ0v) is 20.3. The topological polar surface area (TPSA) is 52.3 Å². The number of quaternary nitrogens is 1. The molecule has 1 aliphatic rings. The summed E-state index contributed by atoms with van der Waals surface area (Å²) < 4.78 is 7.84. The Morgan fingerprint density at radius 2 is 1.77 bits per heavy atom. The largest absolute Gasteiger partial charge is 0.477 e. The van der Waals surface area contributed by atoms with E-state index in [1.807, 2.05) is 56.2 Å². The number of rotatable bonds is 3. The van der Waals surface area contributed by atoms with Crippen molar-refractivity contribution >= 4 is 40.4 Å². The van der Waals surface area contributed by atoms with E-state index in [2.05, 4.69) is 20.8 Å². The van der Waals surface area contributed by atoms with E-state index in [4.69, 9.17) is 43.0 Å². The fourth-order valence-electron chi connectivity index (χ4n) is 3.94. The minimum absolute atomic E-state index is 0.188. The van der Waals surface area contributed by atoms with E-state index in [1.165, 1.54) is 0 Å². The van der Waals surface area contributed by atoms with Crippen molar-refractivity contribution in [3.8, 4) is 17.1 Å². The van der Waals surface area contributed by atoms with Gasteiger partial charge in [0, 0.05) is 23.0 Å². The van der Waals surface area contributed by atoms with Gasteiger partial charge >= 0.3 is 0 Å². The molecule has 2 aromatic heterocycles. The number of aryl methyl sites for hydroxylation is 1. The number of amidine groups is 1. The quantitative estimate of drug-likeness (QED) is 0.469. The van der Waals surface area contributed by atoms with Crippen molar-refractivity contribution in [2.75, 3.05) is 21.2 Å². The van der Waals surface area contributed by atoms with Gasteiger partial charge in [0.05, 0.1) is 37.6 Å². The van der Waals surface area contributed by atoms with Gasteiger partial charge in [-0.05, 0) is 12.1 Å². The average Bonchev–Trinajstić information content (AvgIpc) is 3.13. The van der Waals surface area contributed by atoms with Crippen molar-refractivity contribution in [2.45, 2.75) is 26.2 Å². The van der Waals surface area contributed by atoms with E-state index in [9.17, 15) is 0 Å². The highest BCUT2D eigenvalue weighted by molar-refractivity contribution is 6.35. The van der Waals surface area contributed by atoms with Crippen LogP contribution in [0.4, 0.5) is 11.4 Å². The third-order valence-electron chi connectivity index (χ3n) is 5.51. The van der Waals surface area contributed by atoms with Gasteiger partial charge in [-0.3, -0.25) is 4.68 Å². The number of aromatic nitrogens is 3. The SMILES string of the molecule is COc1nc(-c2ccccc2Cl)cc2c1[N+](C)(C)C(c1c(Cl)c(C(C)(C)C)nn1C)=N2. The number of halogens is 2. The summed E-state index contributed by atoms with van der Waals surface area (Å²) in [6.45, 7) is 6.29. The fraction of sp³-hybridized carbons (Fsp3) is 0.348. The first kappa shape index (κ1) is 21.8. The lowest BCUT2D eigenvalue weighted by atomic mass is 9.92. The summed E-state index contributed by atoms with van der Waals surface area (Å²) in [7, 11) is 7.60. The maximum Gasteiger partial charge on any atom is 0.280 e. The van der Waals surface area contributed by atoms with Crippen LogP contribution in [0.1, 0.15) is 32.2 Å². The Labute approximate surface area is 192 Å². The molecule has 3 aromatic rings. The Balaban J connectivity index is 1.94. The van der Waals surface area contributed by atoms with E-state index in [1.54, 1.807) is 7.11 Å². The van der Waals surface area contributed by atoms with Gasteiger partial charge in [0.2, 0.25) is 5.69 Å². The zero-order valence-electron chi connectivity index (χ0n) is 18.8. The maximum absolute atomic E-state index is 6.85. The van der Waals surface area contributed by atoms with Gasteiger partial charge in [-0.15, -0.1) is 0 Å². The Morgan fingerprint density at radius 1 is 1.10 bits per heavy atom. The molecule has 0 amide bonds. The molecule has 6 nitrogen and oxygen atoms in total. The minimum Gasteiger partial charge on any atom is -0.477 e. The van der Waals surface area contributed by atoms with Crippen molar-refractivity contribution in [2.24, 2.45) is 12.0 Å². The van der Waals surface area contributed by atoms with Crippen molar-refractivity contribution in [3.63, 3.8) is 0 Å². The summed E-state index contributed by atoms with van der Waals surface area (Å²) in [6, 6.07) is 9.55. The molecule has 0 atom stereocenters. The third-order valence-corrected chi connectivity index (χ3v) is 6.20. The molecule has 162 valence electrons. The van der Waals surface area contributed by atoms with Crippen LogP contribution in [0.25, 0.3) is 11.3 Å². The van der Waals surface area contributed by atoms with E-state index in [0.29, 0.717) is 26.1 Å². The van der Waals surface area contributed by atoms with Gasteiger partial charge in [0.25, 0.3) is 11.7 Å². The smallest absolute Gasteiger partial charge is 0.280 e. The van der Waals surface area contributed by atoms with Gasteiger partial charge in [0.1, 0.15) is 5.69 Å². The molecule has 0 aliphatic carbocycles. The van der Waals surface area contributed by atoms with Crippen LogP contribution in [0.3, 0.4) is 0 Å². The molecule has 4 rings (SSSR count). The van der Waals surface area contributed by atoms with Crippen LogP contribution in [-0.4, -0.2) is 41.8 Å². The summed E-state index contributed by atoms with van der Waals surface area (Å²) in [4.78, 5) is 9.75. The Hall–Kier alpha value is -2.41. The summed E-state index contributed by atoms with van der Waals surface area (Å²) in [5.74, 6) is 1.28. The maximum atomic E-state index is 6.85. The van der Waals surface area contributed by atoms with Gasteiger partial charge in [-0.2, -0.15) is 10.1 Å². The van der Waals surface area contributed by atoms with Crippen LogP contribution in [0.5, 0.6) is 5.88 Å². The molecule has 3 heterocycles. The van der Waals surface area contributed by atoms with Crippen LogP contribution in [0.15, 0.2) is 35.3 Å². The van der Waals surface area contributed by atoms with Crippen molar-refractivity contribution in [1.29, 1.82) is 0 Å². The zero-order chi connectivity index (χ0) is 22.7. The minimum atomic E-state index is -0.188. The van der Waals surface area contributed by atoms with E-state index in [0.717, 1.165) is 34.2 Å². The number of hydrogen-bond donors (Lipinski definition) is 0. The molecular weight excluding hydrogens is 433 g/mol. The lowest BCUT2D eigenvalue weighted by molar-refractivity contribution is 0.389. The molecule has 0 bridgehead atoms. The lowest BCUT2D eigenvalue weighted by Gasteiger charge is -2.26. The average molecular weight is 459 g/mol. The number of ether oxygens (including phenoxy) is 1. The number of benzene rings is 1. The molecule has 31 heavy (non-hydrogen) atoms. The van der Waals surface area contributed by atoms with Gasteiger partial charge < -0.3 is 4.74 Å². The predicted molar refractivity (Wildman–Crippen MR) is 128 cm³/mol. The highest BCUT2D eigenvalue weighted by atomic mass is 35.5. The molecule has 0 saturated heterocycles. The summed E-state index contributed by atoms with van der Waals surface area (Å²) in [5.41, 5.74) is 4.61. The third kappa shape index (κ3) is 3.43. The molecule has 0 spiro atoms. The molecule has 1 aliphatic heterocycles. The number of pyridine rings is 1. The van der Waals surface area contributed by atoms with Crippen LogP contribution >= 0.6 is 23.2 Å². The van der Waals surface area contributed by atoms with E-state index >= 15 is 0 Å². The summed E-state index contributed by atoms with van der Waals surface area (Å²) in [5, 5.41) is 5.94. The lowest BCUT2D eigenvalue weighted by Crippen LogP contribution is -2.46. The van der Waals surface area contributed by atoms with Crippen LogP contribution in [0.2, 0.25) is 10.0 Å². The second-order valence-corrected chi connectivity index (χ2v) is 9.92. The molecule has 0 saturated carbocycles. The molecule has 0 N–H and O–H groups in total. The highest BCUT2D eigenvalue weighted by Gasteiger charge is 2.45. The number of nitrogens with zero attached hydrogens (tertiary/aromatic N) is 5. The van der Waals surface area contributed by atoms with Crippen LogP contribution < -0.4 is 9.22 Å². The number of fused-ring (bicyclic) bond motifs is 1. The first-order valence-corrected chi connectivity index (χ1v) is 10.7. The van der Waals surface area contributed by atoms with Crippen molar-refractivity contribution in [1.82, 2.24) is 19.2 Å². The Kier molecular flexibility index (Phi) is 5.16. The van der Waals surface area contributed by atoms with Crippen molar-refractivity contribution < 1.29 is 4.74 Å². The van der Waals surface area contributed by atoms with Crippen LogP contribution in [0, 0.1) is 0 Å². The Morgan fingerprint density at radius 3 is 2.35 bits per heavy atom. The fourth-order valence-corrected chi connectivity index (χ4v) is 4.71. The number of methoxy groups -OCH3 is 1. The van der Waals surface area contributed by atoms with Gasteiger partial charge in [-0.1, -0.05) is 62.2 Å². The normalized spacial score (nSPS) is 15.1. The standard InChI is InChI=1S/C23H26Cl2N5O/c1-23(2,3)20-17(25)18(29(4)28-20)21-26-16-12-15(13-10-8-9-11-14(13)24)27-22(31-7)19(16)30(21,5)6/h8-12H,1-7H3/q+1. The second kappa shape index (κ2) is 7.33. The summed E-state index contributed by atoms with van der Waals surface area (Å²) >= 11 is 13.3. The Bertz CT molecular complexity index is 1220. The second-order valence-electron chi connectivity index (χ2n) is 9.14. The molecule has 0 fully saturated rings. The van der Waals surface area contributed by atoms with Crippen molar-refractivity contribution in [3.05, 3.63) is 51.8 Å². The number of hydrogen-bond acceptors (Lipinski definition) is 4. The first-order valence-electron chi connectivity index (χ1n) is 9.98. The molecule has 8 heteroatoms. The molecular formula is C23H26Cl2N5O+. The van der Waals surface area contributed by atoms with Gasteiger partial charge in [-0.25, -0.2) is 9.47 Å².